The highest BCUT2D eigenvalue weighted by molar-refractivity contribution is 6.88. The van der Waals surface area contributed by atoms with Crippen molar-refractivity contribution in [3.63, 3.8) is 0 Å². The summed E-state index contributed by atoms with van der Waals surface area (Å²) in [4.78, 5) is 0. The van der Waals surface area contributed by atoms with Crippen molar-refractivity contribution in [3.05, 3.63) is 71.3 Å². The SMILES string of the molecule is Cc1ccc2oc3c(-c4ccc5cc([Si](C)(C)C)ccc5[n+]4C)c(C)c(C)cc3c2c1. The summed E-state index contributed by atoms with van der Waals surface area (Å²) in [5.74, 6) is 0. The molecule has 0 aliphatic carbocycles. The van der Waals surface area contributed by atoms with Gasteiger partial charge in [-0.05, 0) is 62.2 Å². The van der Waals surface area contributed by atoms with Gasteiger partial charge in [0.25, 0.3) is 0 Å². The van der Waals surface area contributed by atoms with Crippen LogP contribution in [0, 0.1) is 20.8 Å². The molecular formula is C28H30NOSi+. The monoisotopic (exact) mass is 424 g/mol. The van der Waals surface area contributed by atoms with Gasteiger partial charge in [-0.2, -0.15) is 4.57 Å². The third kappa shape index (κ3) is 3.11. The number of fused-ring (bicyclic) bond motifs is 4. The van der Waals surface area contributed by atoms with Gasteiger partial charge in [-0.15, -0.1) is 0 Å². The van der Waals surface area contributed by atoms with E-state index in [0.29, 0.717) is 0 Å². The highest BCUT2D eigenvalue weighted by atomic mass is 28.3. The lowest BCUT2D eigenvalue weighted by atomic mass is 9.95. The summed E-state index contributed by atoms with van der Waals surface area (Å²) in [5, 5.41) is 5.19. The highest BCUT2D eigenvalue weighted by Gasteiger charge is 2.24. The molecule has 0 aliphatic heterocycles. The second kappa shape index (κ2) is 6.79. The smallest absolute Gasteiger partial charge is 0.216 e. The summed E-state index contributed by atoms with van der Waals surface area (Å²) in [6.07, 6.45) is 0. The maximum Gasteiger partial charge on any atom is 0.216 e. The quantitative estimate of drug-likeness (QED) is 0.228. The van der Waals surface area contributed by atoms with Crippen molar-refractivity contribution < 1.29 is 8.98 Å². The Bertz CT molecular complexity index is 1500. The molecule has 0 aliphatic rings. The molecule has 0 spiro atoms. The number of hydrogen-bond donors (Lipinski definition) is 0. The number of rotatable bonds is 2. The van der Waals surface area contributed by atoms with Crippen LogP contribution in [0.2, 0.25) is 19.6 Å². The van der Waals surface area contributed by atoms with Crippen LogP contribution in [-0.4, -0.2) is 8.07 Å². The summed E-state index contributed by atoms with van der Waals surface area (Å²) in [6, 6.07) is 20.3. The molecule has 5 aromatic rings. The van der Waals surface area contributed by atoms with E-state index in [1.807, 2.05) is 0 Å². The zero-order valence-electron chi connectivity index (χ0n) is 19.6. The van der Waals surface area contributed by atoms with Crippen LogP contribution in [0.4, 0.5) is 0 Å². The number of furan rings is 1. The first-order chi connectivity index (χ1) is 14.6. The molecule has 0 saturated carbocycles. The largest absolute Gasteiger partial charge is 0.455 e. The molecule has 0 atom stereocenters. The van der Waals surface area contributed by atoms with Crippen LogP contribution in [0.3, 0.4) is 0 Å². The van der Waals surface area contributed by atoms with Crippen molar-refractivity contribution in [1.82, 2.24) is 0 Å². The Labute approximate surface area is 185 Å². The first kappa shape index (κ1) is 20.0. The molecule has 2 heterocycles. The van der Waals surface area contributed by atoms with Crippen LogP contribution in [0.1, 0.15) is 16.7 Å². The molecule has 0 amide bonds. The Morgan fingerprint density at radius 2 is 1.58 bits per heavy atom. The van der Waals surface area contributed by atoms with Gasteiger partial charge in [0.15, 0.2) is 0 Å². The summed E-state index contributed by atoms with van der Waals surface area (Å²) in [6.45, 7) is 13.8. The van der Waals surface area contributed by atoms with Crippen LogP contribution in [0.5, 0.6) is 0 Å². The number of aryl methyl sites for hydroxylation is 3. The summed E-state index contributed by atoms with van der Waals surface area (Å²) < 4.78 is 8.77. The lowest BCUT2D eigenvalue weighted by Gasteiger charge is -2.17. The molecule has 0 radical (unpaired) electrons. The predicted molar refractivity (Wildman–Crippen MR) is 135 cm³/mol. The van der Waals surface area contributed by atoms with E-state index in [1.165, 1.54) is 54.8 Å². The Hall–Kier alpha value is -2.91. The predicted octanol–water partition coefficient (Wildman–Crippen LogP) is 6.70. The van der Waals surface area contributed by atoms with Gasteiger partial charge in [0.2, 0.25) is 11.2 Å². The second-order valence-corrected chi connectivity index (χ2v) is 15.1. The normalized spacial score (nSPS) is 12.4. The maximum absolute atomic E-state index is 6.45. The average Bonchev–Trinajstić information content (AvgIpc) is 3.06. The van der Waals surface area contributed by atoms with Gasteiger partial charge in [0.1, 0.15) is 18.2 Å². The summed E-state index contributed by atoms with van der Waals surface area (Å²) >= 11 is 0. The fraction of sp³-hybridized carbons (Fsp3) is 0.250. The second-order valence-electron chi connectivity index (χ2n) is 9.97. The molecule has 0 bridgehead atoms. The van der Waals surface area contributed by atoms with E-state index < -0.39 is 8.07 Å². The van der Waals surface area contributed by atoms with Gasteiger partial charge < -0.3 is 4.42 Å². The molecule has 0 fully saturated rings. The minimum atomic E-state index is -1.35. The van der Waals surface area contributed by atoms with Crippen molar-refractivity contribution in [3.8, 4) is 11.3 Å². The molecular weight excluding hydrogens is 394 g/mol. The van der Waals surface area contributed by atoms with E-state index in [2.05, 4.69) is 107 Å². The van der Waals surface area contributed by atoms with Crippen molar-refractivity contribution in [2.45, 2.75) is 40.4 Å². The maximum atomic E-state index is 6.45. The summed E-state index contributed by atoms with van der Waals surface area (Å²) in [7, 11) is 0.827. The van der Waals surface area contributed by atoms with E-state index in [-0.39, 0.29) is 0 Å². The molecule has 2 nitrogen and oxygen atoms in total. The zero-order valence-corrected chi connectivity index (χ0v) is 20.6. The first-order valence-corrected chi connectivity index (χ1v) is 14.5. The van der Waals surface area contributed by atoms with Crippen molar-refractivity contribution >= 4 is 46.1 Å². The van der Waals surface area contributed by atoms with Crippen LogP contribution < -0.4 is 9.75 Å². The van der Waals surface area contributed by atoms with Crippen LogP contribution in [-0.2, 0) is 7.05 Å². The number of pyridine rings is 1. The molecule has 2 aromatic heterocycles. The number of nitrogens with zero attached hydrogens (tertiary/aromatic N) is 1. The third-order valence-electron chi connectivity index (χ3n) is 6.73. The van der Waals surface area contributed by atoms with Crippen LogP contribution in [0.15, 0.2) is 59.0 Å². The molecule has 3 heteroatoms. The lowest BCUT2D eigenvalue weighted by molar-refractivity contribution is -0.633. The van der Waals surface area contributed by atoms with Gasteiger partial charge in [-0.1, -0.05) is 42.5 Å². The van der Waals surface area contributed by atoms with E-state index in [0.717, 1.165) is 11.2 Å². The highest BCUT2D eigenvalue weighted by Crippen LogP contribution is 2.39. The van der Waals surface area contributed by atoms with Gasteiger partial charge in [-0.3, -0.25) is 0 Å². The average molecular weight is 425 g/mol. The fourth-order valence-electron chi connectivity index (χ4n) is 4.68. The van der Waals surface area contributed by atoms with Gasteiger partial charge in [0.05, 0.1) is 13.6 Å². The number of hydrogen-bond acceptors (Lipinski definition) is 1. The topological polar surface area (TPSA) is 17.0 Å². The zero-order chi connectivity index (χ0) is 22.1. The fourth-order valence-corrected chi connectivity index (χ4v) is 5.85. The minimum Gasteiger partial charge on any atom is -0.455 e. The molecule has 0 unspecified atom stereocenters. The van der Waals surface area contributed by atoms with Gasteiger partial charge in [-0.25, -0.2) is 0 Å². The first-order valence-electron chi connectivity index (χ1n) is 11.0. The van der Waals surface area contributed by atoms with E-state index in [4.69, 9.17) is 4.42 Å². The van der Waals surface area contributed by atoms with Gasteiger partial charge >= 0.3 is 0 Å². The standard InChI is InChI=1S/C28H30NOSi/c1-17-8-13-26-22(14-17)23-15-18(2)19(3)27(28(23)30-26)25-11-9-20-16-21(31(5,6)7)10-12-24(20)29(25)4/h8-16H,1-7H3/q+1. The Morgan fingerprint density at radius 1 is 0.806 bits per heavy atom. The van der Waals surface area contributed by atoms with Crippen LogP contribution in [0.25, 0.3) is 44.1 Å². The van der Waals surface area contributed by atoms with Crippen molar-refractivity contribution in [2.75, 3.05) is 0 Å². The third-order valence-corrected chi connectivity index (χ3v) is 8.77. The van der Waals surface area contributed by atoms with Gasteiger partial charge in [0, 0.05) is 28.3 Å². The molecule has 3 aromatic carbocycles. The van der Waals surface area contributed by atoms with E-state index in [9.17, 15) is 0 Å². The Kier molecular flexibility index (Phi) is 4.39. The van der Waals surface area contributed by atoms with Crippen LogP contribution >= 0.6 is 0 Å². The summed E-state index contributed by atoms with van der Waals surface area (Å²) in [5.41, 5.74) is 9.40. The minimum absolute atomic E-state index is 0.954. The van der Waals surface area contributed by atoms with Crippen molar-refractivity contribution in [1.29, 1.82) is 0 Å². The number of aromatic nitrogens is 1. The lowest BCUT2D eigenvalue weighted by Crippen LogP contribution is -2.38. The molecule has 0 N–H and O–H groups in total. The van der Waals surface area contributed by atoms with E-state index in [1.54, 1.807) is 0 Å². The molecule has 156 valence electrons. The number of benzene rings is 3. The Balaban J connectivity index is 1.83. The van der Waals surface area contributed by atoms with E-state index >= 15 is 0 Å². The van der Waals surface area contributed by atoms with Crippen molar-refractivity contribution in [2.24, 2.45) is 7.05 Å². The molecule has 0 saturated heterocycles. The Morgan fingerprint density at radius 3 is 2.32 bits per heavy atom. The molecule has 5 rings (SSSR count). The molecule has 31 heavy (non-hydrogen) atoms.